The molecule has 0 spiro atoms. The summed E-state index contributed by atoms with van der Waals surface area (Å²) in [4.78, 5) is 4.42. The summed E-state index contributed by atoms with van der Waals surface area (Å²) in [5.74, 6) is 0.691. The zero-order valence-corrected chi connectivity index (χ0v) is 11.3. The fraction of sp³-hybridized carbons (Fsp3) is 0.308. The van der Waals surface area contributed by atoms with Crippen molar-refractivity contribution >= 4 is 22.9 Å². The summed E-state index contributed by atoms with van der Waals surface area (Å²) in [6.07, 6.45) is -0.214. The summed E-state index contributed by atoms with van der Waals surface area (Å²) < 4.78 is 5.89. The van der Waals surface area contributed by atoms with Gasteiger partial charge in [0, 0.05) is 28.1 Å². The van der Waals surface area contributed by atoms with Crippen LogP contribution >= 0.6 is 22.9 Å². The van der Waals surface area contributed by atoms with Crippen LogP contribution in [0.4, 0.5) is 0 Å². The number of thiazole rings is 1. The third-order valence-electron chi connectivity index (χ3n) is 2.95. The van der Waals surface area contributed by atoms with Gasteiger partial charge in [-0.1, -0.05) is 11.6 Å². The van der Waals surface area contributed by atoms with Gasteiger partial charge in [-0.05, 0) is 25.1 Å². The minimum atomic E-state index is -0.554. The first-order chi connectivity index (χ1) is 8.63. The number of halogens is 1. The van der Waals surface area contributed by atoms with Crippen molar-refractivity contribution < 1.29 is 9.84 Å². The van der Waals surface area contributed by atoms with Crippen LogP contribution < -0.4 is 4.74 Å². The molecule has 5 heteroatoms. The second-order valence-corrected chi connectivity index (χ2v) is 5.69. The van der Waals surface area contributed by atoms with E-state index in [9.17, 15) is 5.11 Å². The highest BCUT2D eigenvalue weighted by Gasteiger charge is 2.29. The Morgan fingerprint density at radius 3 is 3.06 bits per heavy atom. The molecule has 0 fully saturated rings. The molecule has 0 amide bonds. The smallest absolute Gasteiger partial charge is 0.153 e. The SMILES string of the molecule is Cc1csc(C2C[C@H](O)c3cc(Cl)ccc3O2)n1. The summed E-state index contributed by atoms with van der Waals surface area (Å²) >= 11 is 7.48. The quantitative estimate of drug-likeness (QED) is 0.867. The number of benzene rings is 1. The Kier molecular flexibility index (Phi) is 3.01. The summed E-state index contributed by atoms with van der Waals surface area (Å²) in [7, 11) is 0. The summed E-state index contributed by atoms with van der Waals surface area (Å²) in [6, 6.07) is 5.32. The number of hydrogen-bond donors (Lipinski definition) is 1. The molecule has 0 radical (unpaired) electrons. The highest BCUT2D eigenvalue weighted by atomic mass is 35.5. The molecular formula is C13H12ClNO2S. The van der Waals surface area contributed by atoms with Crippen LogP contribution in [-0.4, -0.2) is 10.1 Å². The topological polar surface area (TPSA) is 42.4 Å². The largest absolute Gasteiger partial charge is 0.483 e. The molecule has 0 bridgehead atoms. The van der Waals surface area contributed by atoms with Crippen molar-refractivity contribution in [1.29, 1.82) is 0 Å². The van der Waals surface area contributed by atoms with Gasteiger partial charge in [-0.15, -0.1) is 11.3 Å². The van der Waals surface area contributed by atoms with Crippen LogP contribution in [0.25, 0.3) is 0 Å². The number of hydrogen-bond acceptors (Lipinski definition) is 4. The number of rotatable bonds is 1. The van der Waals surface area contributed by atoms with E-state index >= 15 is 0 Å². The van der Waals surface area contributed by atoms with E-state index in [1.807, 2.05) is 12.3 Å². The molecule has 1 aliphatic heterocycles. The molecule has 2 atom stereocenters. The van der Waals surface area contributed by atoms with Crippen molar-refractivity contribution in [2.24, 2.45) is 0 Å². The molecule has 0 aliphatic carbocycles. The number of nitrogens with zero attached hydrogens (tertiary/aromatic N) is 1. The summed E-state index contributed by atoms with van der Waals surface area (Å²) in [6.45, 7) is 1.95. The first kappa shape index (κ1) is 12.0. The van der Waals surface area contributed by atoms with Gasteiger partial charge in [-0.25, -0.2) is 4.98 Å². The molecule has 1 unspecified atom stereocenters. The minimum Gasteiger partial charge on any atom is -0.483 e. The van der Waals surface area contributed by atoms with Crippen LogP contribution in [0.3, 0.4) is 0 Å². The zero-order valence-electron chi connectivity index (χ0n) is 9.76. The van der Waals surface area contributed by atoms with Gasteiger partial charge in [-0.3, -0.25) is 0 Å². The van der Waals surface area contributed by atoms with Gasteiger partial charge >= 0.3 is 0 Å². The number of aromatic nitrogens is 1. The van der Waals surface area contributed by atoms with Crippen molar-refractivity contribution in [3.63, 3.8) is 0 Å². The zero-order chi connectivity index (χ0) is 12.7. The van der Waals surface area contributed by atoms with Gasteiger partial charge in [0.1, 0.15) is 10.8 Å². The van der Waals surface area contributed by atoms with Gasteiger partial charge in [-0.2, -0.15) is 0 Å². The van der Waals surface area contributed by atoms with Crippen molar-refractivity contribution in [2.45, 2.75) is 25.6 Å². The maximum absolute atomic E-state index is 10.2. The van der Waals surface area contributed by atoms with E-state index in [2.05, 4.69) is 4.98 Å². The molecule has 2 heterocycles. The number of fused-ring (bicyclic) bond motifs is 1. The van der Waals surface area contributed by atoms with Gasteiger partial charge in [0.05, 0.1) is 6.10 Å². The van der Waals surface area contributed by atoms with E-state index in [1.54, 1.807) is 29.5 Å². The lowest BCUT2D eigenvalue weighted by Gasteiger charge is -2.28. The molecule has 1 aromatic heterocycles. The Balaban J connectivity index is 1.94. The maximum atomic E-state index is 10.2. The Labute approximate surface area is 114 Å². The van der Waals surface area contributed by atoms with Crippen LogP contribution in [0.5, 0.6) is 5.75 Å². The molecule has 0 saturated carbocycles. The Bertz CT molecular complexity index is 584. The minimum absolute atomic E-state index is 0.174. The molecule has 18 heavy (non-hydrogen) atoms. The first-order valence-corrected chi connectivity index (χ1v) is 6.95. The molecule has 2 aromatic rings. The molecule has 1 aliphatic rings. The third kappa shape index (κ3) is 2.11. The highest BCUT2D eigenvalue weighted by molar-refractivity contribution is 7.09. The lowest BCUT2D eigenvalue weighted by Crippen LogP contribution is -2.18. The monoisotopic (exact) mass is 281 g/mol. The Morgan fingerprint density at radius 1 is 1.50 bits per heavy atom. The third-order valence-corrected chi connectivity index (χ3v) is 4.24. The molecular weight excluding hydrogens is 270 g/mol. The number of aliphatic hydroxyl groups excluding tert-OH is 1. The van der Waals surface area contributed by atoms with Gasteiger partial charge in [0.25, 0.3) is 0 Å². The van der Waals surface area contributed by atoms with E-state index in [-0.39, 0.29) is 6.10 Å². The van der Waals surface area contributed by atoms with E-state index in [4.69, 9.17) is 16.3 Å². The lowest BCUT2D eigenvalue weighted by atomic mass is 9.99. The second kappa shape index (κ2) is 4.53. The molecule has 1 N–H and O–H groups in total. The fourth-order valence-electron chi connectivity index (χ4n) is 2.09. The highest BCUT2D eigenvalue weighted by Crippen LogP contribution is 2.42. The first-order valence-electron chi connectivity index (χ1n) is 5.69. The van der Waals surface area contributed by atoms with Gasteiger partial charge in [0.2, 0.25) is 0 Å². The average Bonchev–Trinajstić information content (AvgIpc) is 2.77. The number of aryl methyl sites for hydroxylation is 1. The Morgan fingerprint density at radius 2 is 2.33 bits per heavy atom. The molecule has 3 rings (SSSR count). The molecule has 3 nitrogen and oxygen atoms in total. The second-order valence-electron chi connectivity index (χ2n) is 4.37. The van der Waals surface area contributed by atoms with Crippen LogP contribution in [0, 0.1) is 6.92 Å². The van der Waals surface area contributed by atoms with E-state index in [0.717, 1.165) is 16.3 Å². The molecule has 1 aromatic carbocycles. The van der Waals surface area contributed by atoms with E-state index in [1.165, 1.54) is 0 Å². The van der Waals surface area contributed by atoms with Crippen molar-refractivity contribution in [3.05, 3.63) is 44.9 Å². The van der Waals surface area contributed by atoms with E-state index in [0.29, 0.717) is 17.2 Å². The number of ether oxygens (including phenoxy) is 1. The molecule has 0 saturated heterocycles. The van der Waals surface area contributed by atoms with Crippen molar-refractivity contribution in [3.8, 4) is 5.75 Å². The van der Waals surface area contributed by atoms with Crippen molar-refractivity contribution in [1.82, 2.24) is 4.98 Å². The lowest BCUT2D eigenvalue weighted by molar-refractivity contribution is 0.0656. The standard InChI is InChI=1S/C13H12ClNO2S/c1-7-6-18-13(15-7)12-5-10(16)9-4-8(14)2-3-11(9)17-12/h2-4,6,10,12,16H,5H2,1H3/t10-,12?/m0/s1. The average molecular weight is 282 g/mol. The number of aliphatic hydroxyl groups is 1. The van der Waals surface area contributed by atoms with Gasteiger partial charge in [0.15, 0.2) is 6.10 Å². The van der Waals surface area contributed by atoms with E-state index < -0.39 is 6.10 Å². The van der Waals surface area contributed by atoms with Crippen molar-refractivity contribution in [2.75, 3.05) is 0 Å². The van der Waals surface area contributed by atoms with Crippen LogP contribution in [0.1, 0.15) is 34.9 Å². The van der Waals surface area contributed by atoms with Crippen LogP contribution in [-0.2, 0) is 0 Å². The predicted molar refractivity (Wildman–Crippen MR) is 71.2 cm³/mol. The summed E-state index contributed by atoms with van der Waals surface area (Å²) in [5, 5.41) is 13.7. The maximum Gasteiger partial charge on any atom is 0.153 e. The van der Waals surface area contributed by atoms with Crippen LogP contribution in [0.2, 0.25) is 5.02 Å². The Hall–Kier alpha value is -1.10. The van der Waals surface area contributed by atoms with Crippen LogP contribution in [0.15, 0.2) is 23.6 Å². The summed E-state index contributed by atoms with van der Waals surface area (Å²) in [5.41, 5.74) is 1.74. The van der Waals surface area contributed by atoms with Gasteiger partial charge < -0.3 is 9.84 Å². The molecule has 94 valence electrons. The fourth-order valence-corrected chi connectivity index (χ4v) is 3.11. The predicted octanol–water partition coefficient (Wildman–Crippen LogP) is 3.66. The normalized spacial score (nSPS) is 22.4.